The number of fused-ring (bicyclic) bond motifs is 1. The summed E-state index contributed by atoms with van der Waals surface area (Å²) in [6.07, 6.45) is 10.8. The molecule has 0 atom stereocenters. The summed E-state index contributed by atoms with van der Waals surface area (Å²) in [5.41, 5.74) is 17.2. The smallest absolute Gasteiger partial charge is 0.148 e. The van der Waals surface area contributed by atoms with Crippen LogP contribution in [-0.2, 0) is 32.9 Å². The van der Waals surface area contributed by atoms with E-state index < -0.39 is 6.37 Å². The molecular formula is C70H64N3OPt-. The van der Waals surface area contributed by atoms with Gasteiger partial charge in [-0.05, 0) is 117 Å². The molecule has 12 rings (SSSR count). The summed E-state index contributed by atoms with van der Waals surface area (Å²) in [4.78, 5) is 10.7. The molecule has 5 heteroatoms. The van der Waals surface area contributed by atoms with Crippen LogP contribution in [0.2, 0.25) is 0 Å². The van der Waals surface area contributed by atoms with Gasteiger partial charge in [0.25, 0.3) is 0 Å². The van der Waals surface area contributed by atoms with Crippen molar-refractivity contribution in [2.24, 2.45) is 5.92 Å². The number of aromatic nitrogens is 3. The van der Waals surface area contributed by atoms with Crippen LogP contribution in [0.4, 0.5) is 0 Å². The van der Waals surface area contributed by atoms with Gasteiger partial charge in [-0.2, -0.15) is 0 Å². The van der Waals surface area contributed by atoms with E-state index in [9.17, 15) is 7.85 Å². The zero-order chi connectivity index (χ0) is 52.0. The average molecular weight is 1160 g/mol. The standard InChI is InChI=1S/C70H64N3O.Pt/c1-70(2,3)59-45-62(54-27-14-7-15-28-54)68(74)63(46-59)69-72-67-60(29-18-30-66(67)73(69)65-36-31-48(39-47-19-16-17-20-47)40-61(65)53-25-12-6-13-26-53)57-41-56(50-23-10-5-11-24-50)42-58(43-57)64-44-55(37-38-71-64)52-34-32-51(33-35-52)49-21-8-4-9-22-49;/h5-7,10-15,18,23-38,40-42,44-47,49,74H,4,8-9,16-17,19-22,39H2,1-3H3;/q-1;/i39D2;. The maximum Gasteiger partial charge on any atom is 0.148 e. The van der Waals surface area contributed by atoms with E-state index in [1.807, 2.05) is 66.9 Å². The second-order valence-electron chi connectivity index (χ2n) is 21.7. The van der Waals surface area contributed by atoms with Crippen molar-refractivity contribution >= 4 is 11.0 Å². The molecule has 2 saturated carbocycles. The quantitative estimate of drug-likeness (QED) is 0.131. The third-order valence-corrected chi connectivity index (χ3v) is 15.7. The van der Waals surface area contributed by atoms with E-state index >= 15 is 0 Å². The number of hydrogen-bond donors (Lipinski definition) is 1. The average Bonchev–Trinajstić information content (AvgIpc) is 4.34. The van der Waals surface area contributed by atoms with E-state index in [1.165, 1.54) is 37.7 Å². The van der Waals surface area contributed by atoms with Gasteiger partial charge in [0, 0.05) is 46.8 Å². The van der Waals surface area contributed by atoms with Gasteiger partial charge in [0.2, 0.25) is 0 Å². The van der Waals surface area contributed by atoms with Crippen LogP contribution in [0.15, 0.2) is 194 Å². The van der Waals surface area contributed by atoms with Crippen molar-refractivity contribution in [3.63, 3.8) is 0 Å². The van der Waals surface area contributed by atoms with Crippen LogP contribution in [0.25, 0.3) is 95.0 Å². The van der Waals surface area contributed by atoms with E-state index in [2.05, 4.69) is 159 Å². The van der Waals surface area contributed by atoms with E-state index in [0.717, 1.165) is 115 Å². The number of para-hydroxylation sites is 1. The predicted octanol–water partition coefficient (Wildman–Crippen LogP) is 18.7. The number of benzene rings is 8. The number of phenols is 1. The van der Waals surface area contributed by atoms with Crippen LogP contribution in [-0.4, -0.2) is 19.6 Å². The summed E-state index contributed by atoms with van der Waals surface area (Å²) >= 11 is 0. The Bertz CT molecular complexity index is 3700. The molecule has 0 spiro atoms. The van der Waals surface area contributed by atoms with Gasteiger partial charge in [-0.15, -0.1) is 23.8 Å². The molecule has 0 saturated heterocycles. The Labute approximate surface area is 460 Å². The summed E-state index contributed by atoms with van der Waals surface area (Å²) < 4.78 is 21.4. The molecule has 376 valence electrons. The molecule has 0 bridgehead atoms. The largest absolute Gasteiger partial charge is 0.507 e. The summed E-state index contributed by atoms with van der Waals surface area (Å²) in [6.45, 7) is 6.61. The molecule has 2 fully saturated rings. The van der Waals surface area contributed by atoms with E-state index in [0.29, 0.717) is 22.9 Å². The fourth-order valence-electron chi connectivity index (χ4n) is 11.6. The van der Waals surface area contributed by atoms with Gasteiger partial charge in [0.15, 0.2) is 0 Å². The first-order chi connectivity index (χ1) is 37.0. The van der Waals surface area contributed by atoms with Crippen LogP contribution in [0.3, 0.4) is 0 Å². The van der Waals surface area contributed by atoms with E-state index in [1.54, 1.807) is 0 Å². The topological polar surface area (TPSA) is 50.9 Å². The second kappa shape index (κ2) is 21.6. The normalized spacial score (nSPS) is 14.9. The maximum absolute atomic E-state index is 12.8. The fraction of sp³-hybridized carbons (Fsp3) is 0.229. The fourth-order valence-corrected chi connectivity index (χ4v) is 11.6. The Balaban J connectivity index is 0.00000631. The van der Waals surface area contributed by atoms with Crippen LogP contribution < -0.4 is 0 Å². The van der Waals surface area contributed by atoms with Crippen LogP contribution in [0.5, 0.6) is 5.75 Å². The van der Waals surface area contributed by atoms with Crippen molar-refractivity contribution in [2.45, 2.75) is 96.3 Å². The minimum atomic E-state index is -1.51. The summed E-state index contributed by atoms with van der Waals surface area (Å²) in [7, 11) is 0. The number of hydrogen-bond acceptors (Lipinski definition) is 3. The van der Waals surface area contributed by atoms with Crippen molar-refractivity contribution in [1.29, 1.82) is 0 Å². The van der Waals surface area contributed by atoms with Crippen LogP contribution in [0, 0.1) is 12.0 Å². The number of pyridine rings is 1. The summed E-state index contributed by atoms with van der Waals surface area (Å²) in [6, 6.07) is 69.3. The maximum atomic E-state index is 12.8. The van der Waals surface area contributed by atoms with E-state index in [-0.39, 0.29) is 38.1 Å². The SMILES string of the molecule is [2H]C([2H])(c1ccc(-n2c(-c3cc(C(C)(C)C)cc(-c4ccccc4)c3O)nc3c(-c4[c-]c(-c5cc(-c6ccc(C7CCCCC7)cc6)ccn5)cc(-c5ccccc5)c4)cccc32)c(-c2ccccc2)c1)C1CCCC1.[Pt]. The molecule has 0 amide bonds. The molecule has 1 N–H and O–H groups in total. The first-order valence-corrected chi connectivity index (χ1v) is 26.8. The van der Waals surface area contributed by atoms with Gasteiger partial charge in [0.1, 0.15) is 11.6 Å². The van der Waals surface area contributed by atoms with Gasteiger partial charge in [-0.1, -0.05) is 222 Å². The zero-order valence-corrected chi connectivity index (χ0v) is 45.4. The molecule has 0 aliphatic heterocycles. The second-order valence-corrected chi connectivity index (χ2v) is 21.7. The molecule has 2 heterocycles. The molecule has 10 aromatic rings. The number of phenolic OH excluding ortho intramolecular Hbond substituents is 1. The zero-order valence-electron chi connectivity index (χ0n) is 45.1. The van der Waals surface area contributed by atoms with Crippen LogP contribution in [0.1, 0.15) is 104 Å². The van der Waals surface area contributed by atoms with Gasteiger partial charge in [0.05, 0.1) is 22.3 Å². The Kier molecular flexibility index (Phi) is 13.7. The third kappa shape index (κ3) is 10.4. The van der Waals surface area contributed by atoms with Gasteiger partial charge >= 0.3 is 0 Å². The molecule has 0 radical (unpaired) electrons. The summed E-state index contributed by atoms with van der Waals surface area (Å²) in [5, 5.41) is 12.8. The first-order valence-electron chi connectivity index (χ1n) is 27.8. The molecule has 0 unspecified atom stereocenters. The van der Waals surface area contributed by atoms with Crippen molar-refractivity contribution in [3.8, 4) is 89.7 Å². The van der Waals surface area contributed by atoms with Crippen molar-refractivity contribution in [3.05, 3.63) is 217 Å². The summed E-state index contributed by atoms with van der Waals surface area (Å²) in [5.74, 6) is 1.32. The molecule has 2 aliphatic rings. The molecule has 8 aromatic carbocycles. The Morgan fingerprint density at radius 1 is 0.560 bits per heavy atom. The molecule has 4 nitrogen and oxygen atoms in total. The first kappa shape index (κ1) is 47.6. The van der Waals surface area contributed by atoms with Crippen LogP contribution >= 0.6 is 0 Å². The molecule has 2 aliphatic carbocycles. The molecular weight excluding hydrogens is 1090 g/mol. The minimum Gasteiger partial charge on any atom is -0.507 e. The van der Waals surface area contributed by atoms with Gasteiger partial charge < -0.3 is 5.11 Å². The Hall–Kier alpha value is -7.13. The van der Waals surface area contributed by atoms with E-state index in [4.69, 9.17) is 9.97 Å². The van der Waals surface area contributed by atoms with Crippen molar-refractivity contribution in [2.75, 3.05) is 0 Å². The predicted molar refractivity (Wildman–Crippen MR) is 308 cm³/mol. The number of nitrogens with zero attached hydrogens (tertiary/aromatic N) is 3. The monoisotopic (exact) mass is 1160 g/mol. The van der Waals surface area contributed by atoms with Gasteiger partial charge in [-0.3, -0.25) is 9.55 Å². The van der Waals surface area contributed by atoms with Gasteiger partial charge in [-0.25, -0.2) is 4.98 Å². The van der Waals surface area contributed by atoms with Crippen molar-refractivity contribution in [1.82, 2.24) is 14.5 Å². The number of imidazole rings is 1. The minimum absolute atomic E-state index is 0. The number of rotatable bonds is 11. The van der Waals surface area contributed by atoms with Crippen molar-refractivity contribution < 1.29 is 28.9 Å². The Morgan fingerprint density at radius 3 is 1.88 bits per heavy atom. The molecule has 2 aromatic heterocycles. The third-order valence-electron chi connectivity index (χ3n) is 15.7. The number of aromatic hydroxyl groups is 1. The molecule has 75 heavy (non-hydrogen) atoms. The Morgan fingerprint density at radius 2 is 1.19 bits per heavy atom.